The summed E-state index contributed by atoms with van der Waals surface area (Å²) < 4.78 is 0. The molecule has 0 radical (unpaired) electrons. The van der Waals surface area contributed by atoms with E-state index in [2.05, 4.69) is 24.2 Å². The summed E-state index contributed by atoms with van der Waals surface area (Å²) in [7, 11) is 0. The molecule has 0 spiro atoms. The zero-order valence-electron chi connectivity index (χ0n) is 11.6. The smallest absolute Gasteiger partial charge is 0.193 e. The highest BCUT2D eigenvalue weighted by molar-refractivity contribution is 5.81. The molecule has 3 rings (SSSR count). The molecule has 1 saturated carbocycles. The Morgan fingerprint density at radius 2 is 2.22 bits per heavy atom. The van der Waals surface area contributed by atoms with Crippen molar-refractivity contribution in [2.24, 2.45) is 28.5 Å². The van der Waals surface area contributed by atoms with Crippen molar-refractivity contribution >= 4 is 5.96 Å². The van der Waals surface area contributed by atoms with Gasteiger partial charge >= 0.3 is 0 Å². The molecule has 0 aromatic carbocycles. The molecule has 2 aliphatic carbocycles. The Labute approximate surface area is 110 Å². The van der Waals surface area contributed by atoms with Crippen molar-refractivity contribution in [2.45, 2.75) is 58.4 Å². The zero-order valence-corrected chi connectivity index (χ0v) is 11.6. The second-order valence-corrected chi connectivity index (χ2v) is 6.25. The average molecular weight is 247 g/mol. The third-order valence-corrected chi connectivity index (χ3v) is 5.05. The van der Waals surface area contributed by atoms with Crippen molar-refractivity contribution in [1.29, 1.82) is 0 Å². The number of nitrogens with one attached hydrogen (secondary N) is 1. The molecule has 1 fully saturated rings. The molecule has 0 saturated heterocycles. The summed E-state index contributed by atoms with van der Waals surface area (Å²) in [5.41, 5.74) is 9.07. The predicted molar refractivity (Wildman–Crippen MR) is 75.1 cm³/mol. The first-order chi connectivity index (χ1) is 8.70. The number of allylic oxidation sites excluding steroid dienone is 1. The minimum atomic E-state index is 0.468. The van der Waals surface area contributed by atoms with Crippen LogP contribution < -0.4 is 11.1 Å². The van der Waals surface area contributed by atoms with Crippen LogP contribution in [-0.4, -0.2) is 12.0 Å². The lowest BCUT2D eigenvalue weighted by atomic mass is 9.72. The Bertz CT molecular complexity index is 397. The fourth-order valence-electron chi connectivity index (χ4n) is 4.23. The monoisotopic (exact) mass is 247 g/mol. The molecular formula is C15H25N3. The summed E-state index contributed by atoms with van der Waals surface area (Å²) in [5.74, 6) is 2.87. The number of guanidine groups is 1. The first-order valence-electron chi connectivity index (χ1n) is 7.54. The summed E-state index contributed by atoms with van der Waals surface area (Å²) in [5, 5.41) is 3.42. The molecule has 3 N–H and O–H groups in total. The number of hydrogen-bond acceptors (Lipinski definition) is 3. The molecule has 1 aliphatic heterocycles. The van der Waals surface area contributed by atoms with Gasteiger partial charge in [-0.05, 0) is 49.5 Å². The van der Waals surface area contributed by atoms with E-state index in [1.807, 2.05) is 0 Å². The minimum Gasteiger partial charge on any atom is -0.370 e. The van der Waals surface area contributed by atoms with Gasteiger partial charge in [0.2, 0.25) is 0 Å². The van der Waals surface area contributed by atoms with E-state index < -0.39 is 0 Å². The molecule has 0 aromatic rings. The lowest BCUT2D eigenvalue weighted by molar-refractivity contribution is 0.299. The normalized spacial score (nSPS) is 38.2. The molecule has 100 valence electrons. The van der Waals surface area contributed by atoms with Crippen molar-refractivity contribution < 1.29 is 0 Å². The van der Waals surface area contributed by atoms with E-state index in [0.29, 0.717) is 17.9 Å². The third-order valence-electron chi connectivity index (χ3n) is 5.05. The van der Waals surface area contributed by atoms with Gasteiger partial charge in [0.25, 0.3) is 0 Å². The van der Waals surface area contributed by atoms with Gasteiger partial charge < -0.3 is 11.1 Å². The van der Waals surface area contributed by atoms with Gasteiger partial charge in [0.1, 0.15) is 0 Å². The van der Waals surface area contributed by atoms with Gasteiger partial charge in [-0.1, -0.05) is 20.3 Å². The molecule has 1 heterocycles. The Morgan fingerprint density at radius 1 is 1.39 bits per heavy atom. The molecule has 0 amide bonds. The van der Waals surface area contributed by atoms with Crippen LogP contribution in [0.1, 0.15) is 52.4 Å². The van der Waals surface area contributed by atoms with Crippen LogP contribution in [0.3, 0.4) is 0 Å². The zero-order chi connectivity index (χ0) is 12.7. The van der Waals surface area contributed by atoms with Crippen molar-refractivity contribution in [3.63, 3.8) is 0 Å². The Kier molecular flexibility index (Phi) is 3.08. The molecule has 3 aliphatic rings. The van der Waals surface area contributed by atoms with E-state index in [-0.39, 0.29) is 0 Å². The number of nitrogens with zero attached hydrogens (tertiary/aromatic N) is 1. The van der Waals surface area contributed by atoms with E-state index in [1.165, 1.54) is 44.2 Å². The van der Waals surface area contributed by atoms with Gasteiger partial charge in [-0.15, -0.1) is 0 Å². The lowest BCUT2D eigenvalue weighted by Gasteiger charge is -2.39. The first kappa shape index (κ1) is 12.1. The fraction of sp³-hybridized carbons (Fsp3) is 0.800. The SMILES string of the molecule is CCCCC1=C2NC(N)=N[C@@H]3CC[C@@H](C[C@@H]1C)[C@@H]23. The summed E-state index contributed by atoms with van der Waals surface area (Å²) >= 11 is 0. The second kappa shape index (κ2) is 4.60. The molecule has 0 bridgehead atoms. The van der Waals surface area contributed by atoms with Crippen molar-refractivity contribution in [3.8, 4) is 0 Å². The maximum atomic E-state index is 5.97. The van der Waals surface area contributed by atoms with Crippen LogP contribution in [0.2, 0.25) is 0 Å². The Hall–Kier alpha value is -0.990. The van der Waals surface area contributed by atoms with Gasteiger partial charge in [-0.3, -0.25) is 0 Å². The van der Waals surface area contributed by atoms with Crippen LogP contribution in [0, 0.1) is 17.8 Å². The summed E-state index contributed by atoms with van der Waals surface area (Å²) in [6.45, 7) is 4.66. The van der Waals surface area contributed by atoms with Crippen LogP contribution in [-0.2, 0) is 0 Å². The highest BCUT2D eigenvalue weighted by Gasteiger charge is 2.45. The molecule has 0 aromatic heterocycles. The number of aliphatic imine (C=N–C) groups is 1. The molecule has 3 heteroatoms. The van der Waals surface area contributed by atoms with Crippen LogP contribution in [0.15, 0.2) is 16.3 Å². The van der Waals surface area contributed by atoms with Gasteiger partial charge in [0.05, 0.1) is 6.04 Å². The van der Waals surface area contributed by atoms with E-state index >= 15 is 0 Å². The van der Waals surface area contributed by atoms with Gasteiger partial charge in [0, 0.05) is 11.6 Å². The molecule has 0 unspecified atom stereocenters. The number of nitrogens with two attached hydrogens (primary N) is 1. The summed E-state index contributed by atoms with van der Waals surface area (Å²) in [6, 6.07) is 0.468. The second-order valence-electron chi connectivity index (χ2n) is 6.25. The van der Waals surface area contributed by atoms with Crippen LogP contribution in [0.4, 0.5) is 0 Å². The third kappa shape index (κ3) is 1.84. The highest BCUT2D eigenvalue weighted by atomic mass is 15.2. The fourth-order valence-corrected chi connectivity index (χ4v) is 4.23. The van der Waals surface area contributed by atoms with Gasteiger partial charge in [-0.25, -0.2) is 4.99 Å². The van der Waals surface area contributed by atoms with Crippen molar-refractivity contribution in [2.75, 3.05) is 0 Å². The van der Waals surface area contributed by atoms with Crippen LogP contribution in [0.5, 0.6) is 0 Å². The summed E-state index contributed by atoms with van der Waals surface area (Å²) in [6.07, 6.45) is 7.73. The maximum absolute atomic E-state index is 5.97. The topological polar surface area (TPSA) is 50.4 Å². The molecule has 4 atom stereocenters. The number of unbranched alkanes of at least 4 members (excludes halogenated alkanes) is 1. The predicted octanol–water partition coefficient (Wildman–Crippen LogP) is 2.78. The highest BCUT2D eigenvalue weighted by Crippen LogP contribution is 2.49. The van der Waals surface area contributed by atoms with Gasteiger partial charge in [-0.2, -0.15) is 0 Å². The first-order valence-corrected chi connectivity index (χ1v) is 7.54. The lowest BCUT2D eigenvalue weighted by Crippen LogP contribution is -2.45. The average Bonchev–Trinajstić information content (AvgIpc) is 2.72. The van der Waals surface area contributed by atoms with Crippen molar-refractivity contribution in [1.82, 2.24) is 5.32 Å². The van der Waals surface area contributed by atoms with E-state index in [9.17, 15) is 0 Å². The molecule has 18 heavy (non-hydrogen) atoms. The van der Waals surface area contributed by atoms with E-state index in [1.54, 1.807) is 5.57 Å². The minimum absolute atomic E-state index is 0.468. The molecular weight excluding hydrogens is 222 g/mol. The number of rotatable bonds is 3. The van der Waals surface area contributed by atoms with Crippen molar-refractivity contribution in [3.05, 3.63) is 11.3 Å². The standard InChI is InChI=1S/C15H25N3/c1-3-4-5-11-9(2)8-10-6-7-12-13(10)14(11)18-15(16)17-12/h9-10,12-13H,3-8H2,1-2H3,(H3,16,17,18)/t9-,10-,12+,13+/m0/s1. The van der Waals surface area contributed by atoms with Crippen LogP contribution >= 0.6 is 0 Å². The quantitative estimate of drug-likeness (QED) is 0.805. The van der Waals surface area contributed by atoms with Crippen LogP contribution in [0.25, 0.3) is 0 Å². The largest absolute Gasteiger partial charge is 0.370 e. The van der Waals surface area contributed by atoms with Gasteiger partial charge in [0.15, 0.2) is 5.96 Å². The van der Waals surface area contributed by atoms with E-state index in [4.69, 9.17) is 5.73 Å². The molecule has 3 nitrogen and oxygen atoms in total. The summed E-state index contributed by atoms with van der Waals surface area (Å²) in [4.78, 5) is 4.62. The Morgan fingerprint density at radius 3 is 3.00 bits per heavy atom. The maximum Gasteiger partial charge on any atom is 0.193 e. The van der Waals surface area contributed by atoms with E-state index in [0.717, 1.165) is 11.8 Å². The number of hydrogen-bond donors (Lipinski definition) is 2. The Balaban J connectivity index is 1.96.